The van der Waals surface area contributed by atoms with Gasteiger partial charge in [0.1, 0.15) is 0 Å². The van der Waals surface area contributed by atoms with Crippen LogP contribution in [-0.4, -0.2) is 34.3 Å². The number of nitrogens with one attached hydrogen (secondary N) is 1. The van der Waals surface area contributed by atoms with E-state index in [1.54, 1.807) is 25.2 Å². The minimum Gasteiger partial charge on any atom is -0.493 e. The van der Waals surface area contributed by atoms with E-state index in [1.807, 2.05) is 0 Å². The van der Waals surface area contributed by atoms with Crippen molar-refractivity contribution in [3.8, 4) is 17.2 Å². The van der Waals surface area contributed by atoms with Crippen LogP contribution in [0.5, 0.6) is 17.2 Å². The van der Waals surface area contributed by atoms with Crippen LogP contribution in [0, 0.1) is 0 Å². The minimum absolute atomic E-state index is 0.0299. The number of benzene rings is 2. The van der Waals surface area contributed by atoms with E-state index in [9.17, 15) is 13.2 Å². The van der Waals surface area contributed by atoms with Crippen LogP contribution < -0.4 is 23.8 Å². The Morgan fingerprint density at radius 1 is 1.04 bits per heavy atom. The van der Waals surface area contributed by atoms with E-state index in [1.165, 1.54) is 38.0 Å². The lowest BCUT2D eigenvalue weighted by atomic mass is 10.2. The Morgan fingerprint density at radius 3 is 2.25 bits per heavy atom. The second kappa shape index (κ2) is 7.82. The number of thiazole rings is 1. The summed E-state index contributed by atoms with van der Waals surface area (Å²) < 4.78 is 45.9. The molecule has 0 unspecified atom stereocenters. The lowest BCUT2D eigenvalue weighted by molar-refractivity contribution is 0.323. The average Bonchev–Trinajstić information content (AvgIpc) is 2.98. The smallest absolute Gasteiger partial charge is 0.307 e. The number of methoxy groups -OCH3 is 3. The average molecular weight is 425 g/mol. The van der Waals surface area contributed by atoms with Crippen molar-refractivity contribution in [2.75, 3.05) is 21.3 Å². The summed E-state index contributed by atoms with van der Waals surface area (Å²) in [5, 5.41) is 0. The maximum absolute atomic E-state index is 12.7. The van der Waals surface area contributed by atoms with E-state index >= 15 is 0 Å². The van der Waals surface area contributed by atoms with E-state index in [2.05, 4.69) is 4.72 Å². The number of hydrogen-bond donors (Lipinski definition) is 1. The molecule has 1 N–H and O–H groups in total. The maximum atomic E-state index is 12.7. The summed E-state index contributed by atoms with van der Waals surface area (Å²) in [6, 6.07) is 7.96. The molecule has 3 aromatic rings. The standard InChI is InChI=1S/C18H20N2O6S2/c1-20-13-6-5-12(9-16(13)27-18(20)21)28(22,23)19-10-11-7-14(24-2)17(26-4)15(8-11)25-3/h5-9,19H,10H2,1-4H3. The van der Waals surface area contributed by atoms with Crippen LogP contribution in [0.4, 0.5) is 0 Å². The molecule has 1 heterocycles. The van der Waals surface area contributed by atoms with Crippen molar-refractivity contribution >= 4 is 31.6 Å². The van der Waals surface area contributed by atoms with Gasteiger partial charge in [-0.3, -0.25) is 4.79 Å². The fourth-order valence-electron chi connectivity index (χ4n) is 2.78. The molecule has 0 bridgehead atoms. The van der Waals surface area contributed by atoms with E-state index in [0.717, 1.165) is 11.3 Å². The molecular weight excluding hydrogens is 404 g/mol. The van der Waals surface area contributed by atoms with Crippen molar-refractivity contribution in [1.29, 1.82) is 0 Å². The third-order valence-electron chi connectivity index (χ3n) is 4.26. The highest BCUT2D eigenvalue weighted by atomic mass is 32.2. The second-order valence-corrected chi connectivity index (χ2v) is 8.67. The molecule has 3 rings (SSSR count). The molecule has 2 aromatic carbocycles. The van der Waals surface area contributed by atoms with Crippen LogP contribution in [0.25, 0.3) is 10.2 Å². The number of aryl methyl sites for hydroxylation is 1. The van der Waals surface area contributed by atoms with Crippen LogP contribution >= 0.6 is 11.3 Å². The topological polar surface area (TPSA) is 95.9 Å². The van der Waals surface area contributed by atoms with Crippen molar-refractivity contribution in [2.24, 2.45) is 7.05 Å². The van der Waals surface area contributed by atoms with Gasteiger partial charge in [-0.2, -0.15) is 0 Å². The van der Waals surface area contributed by atoms with Gasteiger partial charge in [-0.25, -0.2) is 13.1 Å². The number of hydrogen-bond acceptors (Lipinski definition) is 7. The van der Waals surface area contributed by atoms with Crippen molar-refractivity contribution in [1.82, 2.24) is 9.29 Å². The van der Waals surface area contributed by atoms with Gasteiger partial charge >= 0.3 is 4.87 Å². The molecule has 8 nitrogen and oxygen atoms in total. The van der Waals surface area contributed by atoms with E-state index in [4.69, 9.17) is 14.2 Å². The first-order valence-electron chi connectivity index (χ1n) is 8.19. The highest BCUT2D eigenvalue weighted by Gasteiger charge is 2.18. The second-order valence-electron chi connectivity index (χ2n) is 5.91. The first kappa shape index (κ1) is 20.2. The molecule has 10 heteroatoms. The Balaban J connectivity index is 1.88. The van der Waals surface area contributed by atoms with Crippen LogP contribution in [0.15, 0.2) is 40.0 Å². The van der Waals surface area contributed by atoms with Crippen molar-refractivity contribution in [2.45, 2.75) is 11.4 Å². The Morgan fingerprint density at radius 2 is 1.68 bits per heavy atom. The van der Waals surface area contributed by atoms with E-state index < -0.39 is 10.0 Å². The lowest BCUT2D eigenvalue weighted by Gasteiger charge is -2.14. The summed E-state index contributed by atoms with van der Waals surface area (Å²) in [6.45, 7) is 0.0299. The first-order valence-corrected chi connectivity index (χ1v) is 10.5. The third-order valence-corrected chi connectivity index (χ3v) is 6.66. The fourth-order valence-corrected chi connectivity index (χ4v) is 4.82. The molecule has 0 atom stereocenters. The minimum atomic E-state index is -3.78. The molecular formula is C18H20N2O6S2. The molecule has 0 fully saturated rings. The predicted octanol–water partition coefficient (Wildman–Crippen LogP) is 2.10. The zero-order valence-electron chi connectivity index (χ0n) is 15.8. The molecule has 0 aliphatic heterocycles. The Bertz CT molecular complexity index is 1160. The summed E-state index contributed by atoms with van der Waals surface area (Å²) in [7, 11) is 2.36. The Kier molecular flexibility index (Phi) is 5.64. The van der Waals surface area contributed by atoms with Gasteiger partial charge in [0.05, 0.1) is 36.4 Å². The summed E-state index contributed by atoms with van der Waals surface area (Å²) >= 11 is 1.01. The van der Waals surface area contributed by atoms with Gasteiger partial charge in [0, 0.05) is 13.6 Å². The molecule has 0 saturated heterocycles. The number of ether oxygens (including phenoxy) is 3. The Labute approximate surface area is 166 Å². The number of rotatable bonds is 7. The Hall–Kier alpha value is -2.56. The number of sulfonamides is 1. The molecule has 1 aromatic heterocycles. The molecule has 0 aliphatic carbocycles. The molecule has 0 saturated carbocycles. The van der Waals surface area contributed by atoms with Crippen molar-refractivity contribution in [3.63, 3.8) is 0 Å². The summed E-state index contributed by atoms with van der Waals surface area (Å²) in [6.07, 6.45) is 0. The van der Waals surface area contributed by atoms with Crippen LogP contribution in [-0.2, 0) is 23.6 Å². The molecule has 0 aliphatic rings. The third kappa shape index (κ3) is 3.71. The van der Waals surface area contributed by atoms with Gasteiger partial charge in [-0.15, -0.1) is 0 Å². The lowest BCUT2D eigenvalue weighted by Crippen LogP contribution is -2.23. The normalized spacial score (nSPS) is 11.6. The SMILES string of the molecule is COc1cc(CNS(=O)(=O)c2ccc3c(c2)sc(=O)n3C)cc(OC)c1OC. The molecule has 150 valence electrons. The quantitative estimate of drug-likeness (QED) is 0.624. The van der Waals surface area contributed by atoms with Crippen LogP contribution in [0.2, 0.25) is 0 Å². The first-order chi connectivity index (χ1) is 13.3. The summed E-state index contributed by atoms with van der Waals surface area (Å²) in [5.74, 6) is 1.30. The number of aromatic nitrogens is 1. The number of nitrogens with zero attached hydrogens (tertiary/aromatic N) is 1. The van der Waals surface area contributed by atoms with E-state index in [-0.39, 0.29) is 16.3 Å². The zero-order valence-corrected chi connectivity index (χ0v) is 17.4. The molecule has 0 amide bonds. The predicted molar refractivity (Wildman–Crippen MR) is 107 cm³/mol. The van der Waals surface area contributed by atoms with Crippen molar-refractivity contribution in [3.05, 3.63) is 45.6 Å². The summed E-state index contributed by atoms with van der Waals surface area (Å²) in [4.78, 5) is 11.7. The fraction of sp³-hybridized carbons (Fsp3) is 0.278. The summed E-state index contributed by atoms with van der Waals surface area (Å²) in [5.41, 5.74) is 1.34. The van der Waals surface area contributed by atoms with Gasteiger partial charge in [0.15, 0.2) is 11.5 Å². The highest BCUT2D eigenvalue weighted by Crippen LogP contribution is 2.38. The van der Waals surface area contributed by atoms with Crippen LogP contribution in [0.3, 0.4) is 0 Å². The molecule has 0 radical (unpaired) electrons. The maximum Gasteiger partial charge on any atom is 0.307 e. The largest absolute Gasteiger partial charge is 0.493 e. The number of fused-ring (bicyclic) bond motifs is 1. The van der Waals surface area contributed by atoms with Crippen molar-refractivity contribution < 1.29 is 22.6 Å². The van der Waals surface area contributed by atoms with Gasteiger partial charge in [0.25, 0.3) is 0 Å². The van der Waals surface area contributed by atoms with Gasteiger partial charge in [-0.05, 0) is 35.9 Å². The zero-order chi connectivity index (χ0) is 20.5. The molecule has 28 heavy (non-hydrogen) atoms. The van der Waals surface area contributed by atoms with Gasteiger partial charge < -0.3 is 18.8 Å². The highest BCUT2D eigenvalue weighted by molar-refractivity contribution is 7.89. The monoisotopic (exact) mass is 424 g/mol. The molecule has 0 spiro atoms. The van der Waals surface area contributed by atoms with Crippen LogP contribution in [0.1, 0.15) is 5.56 Å². The van der Waals surface area contributed by atoms with Gasteiger partial charge in [-0.1, -0.05) is 11.3 Å². The van der Waals surface area contributed by atoms with Gasteiger partial charge in [0.2, 0.25) is 15.8 Å². The van der Waals surface area contributed by atoms with E-state index in [0.29, 0.717) is 33.0 Å².